The van der Waals surface area contributed by atoms with Crippen LogP contribution >= 0.6 is 0 Å². The van der Waals surface area contributed by atoms with E-state index in [2.05, 4.69) is 0 Å². The third-order valence-corrected chi connectivity index (χ3v) is 2.28. The van der Waals surface area contributed by atoms with Gasteiger partial charge in [-0.05, 0) is 10.8 Å². The molecule has 2 nitrogen and oxygen atoms in total. The van der Waals surface area contributed by atoms with E-state index in [-0.39, 0.29) is 0 Å². The van der Waals surface area contributed by atoms with Crippen molar-refractivity contribution in [2.24, 2.45) is 0 Å². The molecule has 68 valence electrons. The van der Waals surface area contributed by atoms with Crippen LogP contribution in [0, 0.1) is 5.41 Å². The fourth-order valence-corrected chi connectivity index (χ4v) is 1.58. The number of hydrogen-bond acceptors (Lipinski definition) is 2. The van der Waals surface area contributed by atoms with Gasteiger partial charge in [0.15, 0.2) is 6.29 Å². The van der Waals surface area contributed by atoms with Gasteiger partial charge in [-0.2, -0.15) is 0 Å². The van der Waals surface area contributed by atoms with Crippen LogP contribution in [0.1, 0.15) is 15.9 Å². The Labute approximate surface area is 81.7 Å². The first kappa shape index (κ1) is 8.63. The van der Waals surface area contributed by atoms with Crippen LogP contribution in [0.4, 0.5) is 0 Å². The molecule has 0 spiro atoms. The molecule has 14 heavy (non-hydrogen) atoms. The van der Waals surface area contributed by atoms with Crippen LogP contribution < -0.4 is 0 Å². The number of fused-ring (bicyclic) bond motifs is 1. The van der Waals surface area contributed by atoms with Crippen molar-refractivity contribution in [3.8, 4) is 0 Å². The Morgan fingerprint density at radius 3 is 2.57 bits per heavy atom. The first-order valence-corrected chi connectivity index (χ1v) is 4.34. The summed E-state index contributed by atoms with van der Waals surface area (Å²) in [4.78, 5) is 10.7. The Kier molecular flexibility index (Phi) is 2.11. The summed E-state index contributed by atoms with van der Waals surface area (Å²) in [5.74, 6) is 0. The van der Waals surface area contributed by atoms with Crippen molar-refractivity contribution in [1.29, 1.82) is 5.41 Å². The zero-order chi connectivity index (χ0) is 9.97. The van der Waals surface area contributed by atoms with Crippen molar-refractivity contribution in [2.45, 2.75) is 0 Å². The number of rotatable bonds is 2. The Morgan fingerprint density at radius 1 is 1.07 bits per heavy atom. The van der Waals surface area contributed by atoms with Gasteiger partial charge in [0.05, 0.1) is 0 Å². The van der Waals surface area contributed by atoms with Crippen LogP contribution in [0.2, 0.25) is 0 Å². The molecular weight excluding hydrogens is 174 g/mol. The van der Waals surface area contributed by atoms with Gasteiger partial charge in [0.1, 0.15) is 0 Å². The number of benzene rings is 2. The van der Waals surface area contributed by atoms with E-state index in [1.165, 1.54) is 6.21 Å². The van der Waals surface area contributed by atoms with Gasteiger partial charge in [0, 0.05) is 17.3 Å². The maximum absolute atomic E-state index is 10.7. The first-order valence-electron chi connectivity index (χ1n) is 4.34. The molecule has 2 rings (SSSR count). The molecule has 0 fully saturated rings. The van der Waals surface area contributed by atoms with Crippen LogP contribution in [-0.2, 0) is 0 Å². The third kappa shape index (κ3) is 1.21. The van der Waals surface area contributed by atoms with Crippen molar-refractivity contribution in [2.75, 3.05) is 0 Å². The lowest BCUT2D eigenvalue weighted by Crippen LogP contribution is -1.91. The smallest absolute Gasteiger partial charge is 0.150 e. The number of hydrogen-bond donors (Lipinski definition) is 1. The summed E-state index contributed by atoms with van der Waals surface area (Å²) in [7, 11) is 0. The van der Waals surface area contributed by atoms with Gasteiger partial charge in [0.2, 0.25) is 0 Å². The van der Waals surface area contributed by atoms with Crippen molar-refractivity contribution < 1.29 is 4.79 Å². The van der Waals surface area contributed by atoms with Crippen LogP contribution in [-0.4, -0.2) is 12.5 Å². The largest absolute Gasteiger partial charge is 0.308 e. The average molecular weight is 183 g/mol. The molecule has 0 heterocycles. The Morgan fingerprint density at radius 2 is 1.86 bits per heavy atom. The predicted octanol–water partition coefficient (Wildman–Crippen LogP) is 2.65. The van der Waals surface area contributed by atoms with Gasteiger partial charge in [-0.1, -0.05) is 36.4 Å². The van der Waals surface area contributed by atoms with E-state index in [4.69, 9.17) is 5.41 Å². The lowest BCUT2D eigenvalue weighted by Gasteiger charge is -2.03. The highest BCUT2D eigenvalue weighted by atomic mass is 16.1. The summed E-state index contributed by atoms with van der Waals surface area (Å²) < 4.78 is 0. The molecule has 0 unspecified atom stereocenters. The van der Waals surface area contributed by atoms with Crippen molar-refractivity contribution in [3.63, 3.8) is 0 Å². The zero-order valence-electron chi connectivity index (χ0n) is 7.53. The topological polar surface area (TPSA) is 40.9 Å². The van der Waals surface area contributed by atoms with Crippen LogP contribution in [0.5, 0.6) is 0 Å². The molecule has 0 aliphatic carbocycles. The summed E-state index contributed by atoms with van der Waals surface area (Å²) in [6, 6.07) is 11.4. The summed E-state index contributed by atoms with van der Waals surface area (Å²) in [6.45, 7) is 0. The number of carbonyl (C=O) groups is 1. The Bertz CT molecular complexity index is 503. The Balaban J connectivity index is 2.90. The minimum Gasteiger partial charge on any atom is -0.308 e. The van der Waals surface area contributed by atoms with E-state index in [0.29, 0.717) is 11.1 Å². The zero-order valence-corrected chi connectivity index (χ0v) is 7.53. The molecule has 0 bridgehead atoms. The lowest BCUT2D eigenvalue weighted by atomic mass is 10.0. The van der Waals surface area contributed by atoms with E-state index >= 15 is 0 Å². The highest BCUT2D eigenvalue weighted by Crippen LogP contribution is 2.19. The highest BCUT2D eigenvalue weighted by molar-refractivity contribution is 6.05. The van der Waals surface area contributed by atoms with Gasteiger partial charge < -0.3 is 5.41 Å². The minimum atomic E-state index is 0.568. The fraction of sp³-hybridized carbons (Fsp3) is 0. The van der Waals surface area contributed by atoms with Crippen LogP contribution in [0.3, 0.4) is 0 Å². The summed E-state index contributed by atoms with van der Waals surface area (Å²) in [5.41, 5.74) is 1.26. The van der Waals surface area contributed by atoms with Crippen molar-refractivity contribution in [1.82, 2.24) is 0 Å². The molecule has 1 N–H and O–H groups in total. The van der Waals surface area contributed by atoms with Gasteiger partial charge in [0.25, 0.3) is 0 Å². The van der Waals surface area contributed by atoms with Gasteiger partial charge in [-0.3, -0.25) is 4.79 Å². The van der Waals surface area contributed by atoms with E-state index in [0.717, 1.165) is 17.1 Å². The standard InChI is InChI=1S/C12H9NO/c13-7-12-10(8-14)6-5-9-3-1-2-4-11(9)12/h1-8,13H. The van der Waals surface area contributed by atoms with Crippen molar-refractivity contribution in [3.05, 3.63) is 47.5 Å². The monoisotopic (exact) mass is 183 g/mol. The molecule has 0 saturated carbocycles. The van der Waals surface area contributed by atoms with E-state index in [1.807, 2.05) is 30.3 Å². The molecular formula is C12H9NO. The van der Waals surface area contributed by atoms with E-state index in [1.54, 1.807) is 6.07 Å². The molecule has 0 aromatic heterocycles. The van der Waals surface area contributed by atoms with E-state index in [9.17, 15) is 4.79 Å². The van der Waals surface area contributed by atoms with Crippen molar-refractivity contribution >= 4 is 23.3 Å². The fourth-order valence-electron chi connectivity index (χ4n) is 1.58. The molecule has 0 aliphatic rings. The Hall–Kier alpha value is -1.96. The molecule has 2 aromatic carbocycles. The third-order valence-electron chi connectivity index (χ3n) is 2.28. The summed E-state index contributed by atoms with van der Waals surface area (Å²) in [5, 5.41) is 9.29. The van der Waals surface area contributed by atoms with Crippen LogP contribution in [0.15, 0.2) is 36.4 Å². The summed E-state index contributed by atoms with van der Waals surface area (Å²) >= 11 is 0. The molecule has 0 aliphatic heterocycles. The second-order valence-corrected chi connectivity index (χ2v) is 3.05. The molecule has 0 atom stereocenters. The predicted molar refractivity (Wildman–Crippen MR) is 57.2 cm³/mol. The summed E-state index contributed by atoms with van der Waals surface area (Å²) in [6.07, 6.45) is 2.01. The SMILES string of the molecule is N=Cc1c(C=O)ccc2ccccc12. The van der Waals surface area contributed by atoms with Crippen LogP contribution in [0.25, 0.3) is 10.8 Å². The highest BCUT2D eigenvalue weighted by Gasteiger charge is 2.03. The molecule has 2 aromatic rings. The van der Waals surface area contributed by atoms with E-state index < -0.39 is 0 Å². The number of nitrogens with one attached hydrogen (secondary N) is 1. The number of carbonyl (C=O) groups excluding carboxylic acids is 1. The average Bonchev–Trinajstić information content (AvgIpc) is 2.27. The first-order chi connectivity index (χ1) is 6.86. The molecule has 0 saturated heterocycles. The molecule has 0 radical (unpaired) electrons. The van der Waals surface area contributed by atoms with Gasteiger partial charge in [-0.25, -0.2) is 0 Å². The maximum Gasteiger partial charge on any atom is 0.150 e. The van der Waals surface area contributed by atoms with Gasteiger partial charge >= 0.3 is 0 Å². The maximum atomic E-state index is 10.7. The van der Waals surface area contributed by atoms with Gasteiger partial charge in [-0.15, -0.1) is 0 Å². The quantitative estimate of drug-likeness (QED) is 0.564. The second kappa shape index (κ2) is 3.42. The second-order valence-electron chi connectivity index (χ2n) is 3.05. The molecule has 0 amide bonds. The minimum absolute atomic E-state index is 0.568. The lowest BCUT2D eigenvalue weighted by molar-refractivity contribution is 0.112. The molecule has 2 heteroatoms. The normalized spacial score (nSPS) is 10.0. The number of aldehydes is 1.